The fraction of sp³-hybridized carbons (Fsp3) is 0.417. The van der Waals surface area contributed by atoms with Gasteiger partial charge in [0, 0.05) is 12.7 Å². The van der Waals surface area contributed by atoms with Gasteiger partial charge < -0.3 is 4.90 Å². The Labute approximate surface area is 106 Å². The SMILES string of the molecule is CCc1ccc(N(C)C(=O)C(F)(F)C(F)(F)F)cc1. The molecule has 7 heteroatoms. The van der Waals surface area contributed by atoms with Crippen molar-refractivity contribution in [1.82, 2.24) is 0 Å². The first-order valence-electron chi connectivity index (χ1n) is 5.43. The Morgan fingerprint density at radius 2 is 1.58 bits per heavy atom. The number of halogens is 5. The molecule has 0 N–H and O–H groups in total. The van der Waals surface area contributed by atoms with Gasteiger partial charge in [-0.2, -0.15) is 22.0 Å². The Bertz CT molecular complexity index is 452. The maximum Gasteiger partial charge on any atom is 0.463 e. The van der Waals surface area contributed by atoms with E-state index in [1.807, 2.05) is 6.92 Å². The minimum Gasteiger partial charge on any atom is -0.310 e. The Morgan fingerprint density at radius 3 is 1.95 bits per heavy atom. The van der Waals surface area contributed by atoms with Gasteiger partial charge in [0.2, 0.25) is 0 Å². The van der Waals surface area contributed by atoms with Gasteiger partial charge in [0.05, 0.1) is 0 Å². The molecule has 0 fully saturated rings. The quantitative estimate of drug-likeness (QED) is 0.777. The number of rotatable bonds is 3. The highest BCUT2D eigenvalue weighted by Crippen LogP contribution is 2.37. The molecule has 0 heterocycles. The number of carbonyl (C=O) groups excluding carboxylic acids is 1. The Balaban J connectivity index is 2.99. The number of nitrogens with zero attached hydrogens (tertiary/aromatic N) is 1. The van der Waals surface area contributed by atoms with Gasteiger partial charge >= 0.3 is 18.0 Å². The van der Waals surface area contributed by atoms with Crippen LogP contribution in [0.25, 0.3) is 0 Å². The summed E-state index contributed by atoms with van der Waals surface area (Å²) in [6, 6.07) is 5.77. The number of alkyl halides is 5. The second kappa shape index (κ2) is 5.14. The van der Waals surface area contributed by atoms with Crippen molar-refractivity contribution in [2.45, 2.75) is 25.4 Å². The monoisotopic (exact) mass is 281 g/mol. The lowest BCUT2D eigenvalue weighted by atomic mass is 10.1. The number of amides is 1. The van der Waals surface area contributed by atoms with Crippen molar-refractivity contribution < 1.29 is 26.7 Å². The highest BCUT2D eigenvalue weighted by molar-refractivity contribution is 5.98. The topological polar surface area (TPSA) is 20.3 Å². The molecular formula is C12H12F5NO. The zero-order valence-corrected chi connectivity index (χ0v) is 10.3. The first-order valence-corrected chi connectivity index (χ1v) is 5.43. The first-order chi connectivity index (χ1) is 8.61. The summed E-state index contributed by atoms with van der Waals surface area (Å²) in [7, 11) is 0.878. The molecule has 1 amide bonds. The number of aryl methyl sites for hydroxylation is 1. The van der Waals surface area contributed by atoms with Crippen molar-refractivity contribution in [2.24, 2.45) is 0 Å². The Hall–Kier alpha value is -1.66. The summed E-state index contributed by atoms with van der Waals surface area (Å²) in [4.78, 5) is 11.5. The fourth-order valence-electron chi connectivity index (χ4n) is 1.40. The van der Waals surface area contributed by atoms with Crippen LogP contribution in [0.1, 0.15) is 12.5 Å². The van der Waals surface area contributed by atoms with Gasteiger partial charge in [0.1, 0.15) is 0 Å². The largest absolute Gasteiger partial charge is 0.463 e. The van der Waals surface area contributed by atoms with E-state index in [2.05, 4.69) is 0 Å². The van der Waals surface area contributed by atoms with Crippen LogP contribution in [-0.2, 0) is 11.2 Å². The van der Waals surface area contributed by atoms with Gasteiger partial charge in [-0.25, -0.2) is 0 Å². The number of carbonyl (C=O) groups is 1. The number of hydrogen-bond acceptors (Lipinski definition) is 1. The molecule has 1 aromatic rings. The van der Waals surface area contributed by atoms with Crippen LogP contribution < -0.4 is 4.90 Å². The molecule has 0 saturated carbocycles. The fourth-order valence-corrected chi connectivity index (χ4v) is 1.40. The van der Waals surface area contributed by atoms with Gasteiger partial charge in [-0.1, -0.05) is 19.1 Å². The molecule has 0 aliphatic rings. The van der Waals surface area contributed by atoms with Gasteiger partial charge in [-0.05, 0) is 24.1 Å². The summed E-state index contributed by atoms with van der Waals surface area (Å²) in [5.41, 5.74) is 0.860. The van der Waals surface area contributed by atoms with Crippen LogP contribution in [0.5, 0.6) is 0 Å². The third-order valence-corrected chi connectivity index (χ3v) is 2.66. The third-order valence-electron chi connectivity index (χ3n) is 2.66. The molecule has 0 aliphatic carbocycles. The summed E-state index contributed by atoms with van der Waals surface area (Å²) in [6.45, 7) is 1.86. The second-order valence-electron chi connectivity index (χ2n) is 3.96. The number of anilines is 1. The molecule has 106 valence electrons. The molecule has 0 atom stereocenters. The van der Waals surface area contributed by atoms with Crippen molar-refractivity contribution in [1.29, 1.82) is 0 Å². The summed E-state index contributed by atoms with van der Waals surface area (Å²) < 4.78 is 62.0. The minimum absolute atomic E-state index is 0.0221. The van der Waals surface area contributed by atoms with E-state index >= 15 is 0 Å². The van der Waals surface area contributed by atoms with Crippen molar-refractivity contribution in [3.8, 4) is 0 Å². The number of hydrogen-bond donors (Lipinski definition) is 0. The van der Waals surface area contributed by atoms with Crippen LogP contribution in [0.3, 0.4) is 0 Å². The van der Waals surface area contributed by atoms with Crippen molar-refractivity contribution in [3.05, 3.63) is 29.8 Å². The lowest BCUT2D eigenvalue weighted by Crippen LogP contribution is -2.51. The second-order valence-corrected chi connectivity index (χ2v) is 3.96. The molecule has 0 aromatic heterocycles. The molecule has 0 saturated heterocycles. The molecule has 19 heavy (non-hydrogen) atoms. The highest BCUT2D eigenvalue weighted by Gasteiger charge is 2.64. The minimum atomic E-state index is -5.90. The van der Waals surface area contributed by atoms with Gasteiger partial charge in [-0.3, -0.25) is 4.79 Å². The van der Waals surface area contributed by atoms with Crippen LogP contribution in [0, 0.1) is 0 Å². The zero-order valence-electron chi connectivity index (χ0n) is 10.3. The van der Waals surface area contributed by atoms with Crippen molar-refractivity contribution in [2.75, 3.05) is 11.9 Å². The lowest BCUT2D eigenvalue weighted by Gasteiger charge is -2.25. The third kappa shape index (κ3) is 3.02. The first kappa shape index (κ1) is 15.4. The van der Waals surface area contributed by atoms with Crippen LogP contribution in [0.15, 0.2) is 24.3 Å². The average Bonchev–Trinajstić information content (AvgIpc) is 2.35. The molecule has 1 rings (SSSR count). The predicted molar refractivity (Wildman–Crippen MR) is 60.2 cm³/mol. The molecule has 1 aromatic carbocycles. The van der Waals surface area contributed by atoms with E-state index in [-0.39, 0.29) is 5.69 Å². The van der Waals surface area contributed by atoms with Gasteiger partial charge in [0.25, 0.3) is 0 Å². The van der Waals surface area contributed by atoms with Crippen LogP contribution in [-0.4, -0.2) is 25.1 Å². The van der Waals surface area contributed by atoms with E-state index in [0.717, 1.165) is 12.6 Å². The summed E-state index contributed by atoms with van der Waals surface area (Å²) in [6.07, 6.45) is -5.21. The smallest absolute Gasteiger partial charge is 0.310 e. The molecule has 0 unspecified atom stereocenters. The number of benzene rings is 1. The molecule has 0 spiro atoms. The maximum absolute atomic E-state index is 12.9. The summed E-state index contributed by atoms with van der Waals surface area (Å²) in [5, 5.41) is 0. The predicted octanol–water partition coefficient (Wildman–Crippen LogP) is 3.41. The summed E-state index contributed by atoms with van der Waals surface area (Å²) >= 11 is 0. The van der Waals surface area contributed by atoms with Crippen molar-refractivity contribution >= 4 is 11.6 Å². The van der Waals surface area contributed by atoms with Gasteiger partial charge in [-0.15, -0.1) is 0 Å². The van der Waals surface area contributed by atoms with E-state index in [4.69, 9.17) is 0 Å². The summed E-state index contributed by atoms with van der Waals surface area (Å²) in [5.74, 6) is -7.70. The Kier molecular flexibility index (Phi) is 4.17. The van der Waals surface area contributed by atoms with Crippen LogP contribution in [0.4, 0.5) is 27.6 Å². The Morgan fingerprint density at radius 1 is 1.11 bits per heavy atom. The van der Waals surface area contributed by atoms with Crippen LogP contribution in [0.2, 0.25) is 0 Å². The molecule has 0 bridgehead atoms. The van der Waals surface area contributed by atoms with Crippen molar-refractivity contribution in [3.63, 3.8) is 0 Å². The van der Waals surface area contributed by atoms with Gasteiger partial charge in [0.15, 0.2) is 0 Å². The van der Waals surface area contributed by atoms with Crippen LogP contribution >= 0.6 is 0 Å². The standard InChI is InChI=1S/C12H12F5NO/c1-3-8-4-6-9(7-5-8)18(2)10(19)11(13,14)12(15,16)17/h4-7H,3H2,1-2H3. The molecule has 0 radical (unpaired) electrons. The maximum atomic E-state index is 12.9. The van der Waals surface area contributed by atoms with E-state index in [1.165, 1.54) is 12.1 Å². The normalized spacial score (nSPS) is 12.4. The van der Waals surface area contributed by atoms with E-state index in [9.17, 15) is 26.7 Å². The zero-order chi connectivity index (χ0) is 14.8. The molecule has 2 nitrogen and oxygen atoms in total. The molecular weight excluding hydrogens is 269 g/mol. The van der Waals surface area contributed by atoms with E-state index in [1.54, 1.807) is 12.1 Å². The van der Waals surface area contributed by atoms with E-state index < -0.39 is 18.0 Å². The molecule has 0 aliphatic heterocycles. The average molecular weight is 281 g/mol. The van der Waals surface area contributed by atoms with E-state index in [0.29, 0.717) is 11.3 Å². The lowest BCUT2D eigenvalue weighted by molar-refractivity contribution is -0.268. The highest BCUT2D eigenvalue weighted by atomic mass is 19.4.